The summed E-state index contributed by atoms with van der Waals surface area (Å²) in [5.41, 5.74) is 8.79. The number of pyridine rings is 1. The molecule has 0 saturated heterocycles. The van der Waals surface area contributed by atoms with Crippen molar-refractivity contribution < 1.29 is 0 Å². The molecule has 1 fully saturated rings. The van der Waals surface area contributed by atoms with Crippen LogP contribution in [0.15, 0.2) is 30.5 Å². The number of nitrogen functional groups attached to an aromatic ring is 1. The van der Waals surface area contributed by atoms with Gasteiger partial charge in [0.1, 0.15) is 0 Å². The third-order valence-corrected chi connectivity index (χ3v) is 3.08. The molecule has 0 spiro atoms. The zero-order valence-corrected chi connectivity index (χ0v) is 9.11. The number of aromatic nitrogens is 1. The van der Waals surface area contributed by atoms with Crippen molar-refractivity contribution in [1.29, 1.82) is 0 Å². The number of hydrogen-bond donors (Lipinski definition) is 2. The van der Waals surface area contributed by atoms with Crippen molar-refractivity contribution >= 4 is 22.3 Å². The first-order chi connectivity index (χ1) is 7.84. The van der Waals surface area contributed by atoms with Gasteiger partial charge in [0.15, 0.2) is 0 Å². The molecule has 2 aromatic rings. The molecule has 0 bridgehead atoms. The Morgan fingerprint density at radius 2 is 2.19 bits per heavy atom. The summed E-state index contributed by atoms with van der Waals surface area (Å²) in [5.74, 6) is 0.858. The molecule has 0 amide bonds. The minimum absolute atomic E-state index is 0.792. The third-order valence-electron chi connectivity index (χ3n) is 3.08. The Morgan fingerprint density at radius 1 is 1.31 bits per heavy atom. The molecule has 1 aromatic heterocycles. The van der Waals surface area contributed by atoms with Gasteiger partial charge in [-0.15, -0.1) is 0 Å². The molecule has 3 rings (SSSR count). The first kappa shape index (κ1) is 9.46. The van der Waals surface area contributed by atoms with Gasteiger partial charge >= 0.3 is 0 Å². The molecule has 1 aliphatic carbocycles. The lowest BCUT2D eigenvalue weighted by atomic mass is 10.1. The van der Waals surface area contributed by atoms with E-state index in [2.05, 4.69) is 10.3 Å². The predicted molar refractivity (Wildman–Crippen MR) is 67.4 cm³/mol. The molecule has 0 atom stereocenters. The van der Waals surface area contributed by atoms with Gasteiger partial charge in [-0.1, -0.05) is 0 Å². The summed E-state index contributed by atoms with van der Waals surface area (Å²) in [4.78, 5) is 4.40. The van der Waals surface area contributed by atoms with Crippen molar-refractivity contribution in [3.63, 3.8) is 0 Å². The molecule has 16 heavy (non-hydrogen) atoms. The van der Waals surface area contributed by atoms with Gasteiger partial charge in [0, 0.05) is 23.8 Å². The van der Waals surface area contributed by atoms with Crippen LogP contribution < -0.4 is 11.1 Å². The number of nitrogens with zero attached hydrogens (tertiary/aromatic N) is 1. The fraction of sp³-hybridized carbons (Fsp3) is 0.308. The van der Waals surface area contributed by atoms with Crippen LogP contribution in [-0.2, 0) is 0 Å². The van der Waals surface area contributed by atoms with Gasteiger partial charge in [-0.05, 0) is 43.0 Å². The maximum atomic E-state index is 5.93. The van der Waals surface area contributed by atoms with E-state index in [0.717, 1.165) is 34.7 Å². The van der Waals surface area contributed by atoms with Crippen LogP contribution in [0.5, 0.6) is 0 Å². The van der Waals surface area contributed by atoms with Crippen molar-refractivity contribution in [3.05, 3.63) is 30.5 Å². The van der Waals surface area contributed by atoms with Crippen molar-refractivity contribution in [2.75, 3.05) is 17.6 Å². The number of anilines is 2. The molecular weight excluding hydrogens is 198 g/mol. The summed E-state index contributed by atoms with van der Waals surface area (Å²) >= 11 is 0. The Morgan fingerprint density at radius 3 is 3.00 bits per heavy atom. The van der Waals surface area contributed by atoms with Crippen LogP contribution in [0.3, 0.4) is 0 Å². The second-order valence-corrected chi connectivity index (χ2v) is 4.43. The van der Waals surface area contributed by atoms with E-state index >= 15 is 0 Å². The third kappa shape index (κ3) is 1.69. The summed E-state index contributed by atoms with van der Waals surface area (Å²) in [6.07, 6.45) is 4.52. The van der Waals surface area contributed by atoms with E-state index in [1.54, 1.807) is 0 Å². The standard InChI is InChI=1S/C13H15N3/c14-11-5-6-12(16-8-9-3-4-9)13-10(11)2-1-7-15-13/h1-2,5-7,9,16H,3-4,8,14H2. The highest BCUT2D eigenvalue weighted by molar-refractivity contribution is 5.98. The van der Waals surface area contributed by atoms with Crippen molar-refractivity contribution in [1.82, 2.24) is 4.98 Å². The molecule has 1 saturated carbocycles. The molecule has 3 nitrogen and oxygen atoms in total. The minimum Gasteiger partial charge on any atom is -0.398 e. The average Bonchev–Trinajstić information content (AvgIpc) is 3.13. The van der Waals surface area contributed by atoms with Crippen LogP contribution in [-0.4, -0.2) is 11.5 Å². The van der Waals surface area contributed by atoms with Crippen LogP contribution >= 0.6 is 0 Å². The Bertz CT molecular complexity index is 518. The van der Waals surface area contributed by atoms with E-state index in [1.165, 1.54) is 12.8 Å². The van der Waals surface area contributed by atoms with Crippen molar-refractivity contribution in [3.8, 4) is 0 Å². The molecule has 82 valence electrons. The van der Waals surface area contributed by atoms with E-state index < -0.39 is 0 Å². The second-order valence-electron chi connectivity index (χ2n) is 4.43. The zero-order valence-electron chi connectivity index (χ0n) is 9.11. The van der Waals surface area contributed by atoms with E-state index in [-0.39, 0.29) is 0 Å². The smallest absolute Gasteiger partial charge is 0.0953 e. The quantitative estimate of drug-likeness (QED) is 0.771. The van der Waals surface area contributed by atoms with Crippen molar-refractivity contribution in [2.24, 2.45) is 5.92 Å². The maximum absolute atomic E-state index is 5.93. The van der Waals surface area contributed by atoms with Crippen LogP contribution in [0.25, 0.3) is 10.9 Å². The van der Waals surface area contributed by atoms with Crippen LogP contribution in [0.4, 0.5) is 11.4 Å². The highest BCUT2D eigenvalue weighted by atomic mass is 14.9. The molecule has 0 radical (unpaired) electrons. The minimum atomic E-state index is 0.792. The Labute approximate surface area is 94.7 Å². The zero-order chi connectivity index (χ0) is 11.0. The number of benzene rings is 1. The van der Waals surface area contributed by atoms with Gasteiger partial charge in [0.2, 0.25) is 0 Å². The SMILES string of the molecule is Nc1ccc(NCC2CC2)c2ncccc12. The van der Waals surface area contributed by atoms with Gasteiger partial charge in [-0.2, -0.15) is 0 Å². The number of rotatable bonds is 3. The number of fused-ring (bicyclic) bond motifs is 1. The van der Waals surface area contributed by atoms with Gasteiger partial charge in [-0.25, -0.2) is 0 Å². The lowest BCUT2D eigenvalue weighted by Gasteiger charge is -2.09. The fourth-order valence-electron chi connectivity index (χ4n) is 1.91. The number of nitrogens with one attached hydrogen (secondary N) is 1. The van der Waals surface area contributed by atoms with Gasteiger partial charge < -0.3 is 11.1 Å². The van der Waals surface area contributed by atoms with Crippen LogP contribution in [0, 0.1) is 5.92 Å². The first-order valence-corrected chi connectivity index (χ1v) is 5.71. The normalized spacial score (nSPS) is 15.2. The van der Waals surface area contributed by atoms with E-state index in [4.69, 9.17) is 5.73 Å². The lowest BCUT2D eigenvalue weighted by molar-refractivity contribution is 0.890. The molecule has 3 heteroatoms. The molecule has 1 aliphatic rings. The van der Waals surface area contributed by atoms with E-state index in [1.807, 2.05) is 30.5 Å². The summed E-state index contributed by atoms with van der Waals surface area (Å²) in [7, 11) is 0. The Balaban J connectivity index is 1.99. The molecule has 0 aliphatic heterocycles. The van der Waals surface area contributed by atoms with Gasteiger partial charge in [0.05, 0.1) is 11.2 Å². The lowest BCUT2D eigenvalue weighted by Crippen LogP contribution is -2.04. The topological polar surface area (TPSA) is 50.9 Å². The highest BCUT2D eigenvalue weighted by Crippen LogP contribution is 2.31. The van der Waals surface area contributed by atoms with E-state index in [9.17, 15) is 0 Å². The van der Waals surface area contributed by atoms with Gasteiger partial charge in [-0.3, -0.25) is 4.98 Å². The maximum Gasteiger partial charge on any atom is 0.0953 e. The summed E-state index contributed by atoms with van der Waals surface area (Å²) in [5, 5.41) is 4.49. The summed E-state index contributed by atoms with van der Waals surface area (Å²) in [6.45, 7) is 1.05. The van der Waals surface area contributed by atoms with Gasteiger partial charge in [0.25, 0.3) is 0 Å². The Hall–Kier alpha value is -1.77. The second kappa shape index (κ2) is 3.67. The molecule has 0 unspecified atom stereocenters. The average molecular weight is 213 g/mol. The number of nitrogens with two attached hydrogens (primary N) is 1. The highest BCUT2D eigenvalue weighted by Gasteiger charge is 2.20. The summed E-state index contributed by atoms with van der Waals surface area (Å²) < 4.78 is 0. The first-order valence-electron chi connectivity index (χ1n) is 5.71. The fourth-order valence-corrected chi connectivity index (χ4v) is 1.91. The molecule has 1 aromatic carbocycles. The van der Waals surface area contributed by atoms with Crippen LogP contribution in [0.2, 0.25) is 0 Å². The van der Waals surface area contributed by atoms with E-state index in [0.29, 0.717) is 0 Å². The molecular formula is C13H15N3. The molecule has 3 N–H and O–H groups in total. The predicted octanol–water partition coefficient (Wildman–Crippen LogP) is 2.64. The summed E-state index contributed by atoms with van der Waals surface area (Å²) in [6, 6.07) is 7.90. The molecule has 1 heterocycles. The monoisotopic (exact) mass is 213 g/mol. The van der Waals surface area contributed by atoms with Crippen molar-refractivity contribution in [2.45, 2.75) is 12.8 Å². The van der Waals surface area contributed by atoms with Crippen LogP contribution in [0.1, 0.15) is 12.8 Å². The Kier molecular flexibility index (Phi) is 2.17. The largest absolute Gasteiger partial charge is 0.398 e. The number of hydrogen-bond acceptors (Lipinski definition) is 3.